The number of carbonyl (C=O) groups excluding carboxylic acids is 3. The van der Waals surface area contributed by atoms with Crippen molar-refractivity contribution in [2.45, 2.75) is 0 Å². The van der Waals surface area contributed by atoms with E-state index in [0.29, 0.717) is 21.4 Å². The van der Waals surface area contributed by atoms with Crippen LogP contribution in [0.4, 0.5) is 10.6 Å². The molecule has 2 N–H and O–H groups in total. The molecule has 8 nitrogen and oxygen atoms in total. The second kappa shape index (κ2) is 8.93. The number of anilines is 1. The number of methoxy groups -OCH3 is 1. The van der Waals surface area contributed by atoms with Crippen molar-refractivity contribution in [3.8, 4) is 5.75 Å². The van der Waals surface area contributed by atoms with Gasteiger partial charge in [0.2, 0.25) is 5.91 Å². The Morgan fingerprint density at radius 2 is 2.00 bits per heavy atom. The lowest BCUT2D eigenvalue weighted by molar-refractivity contribution is -0.128. The average Bonchev–Trinajstić information content (AvgIpc) is 2.83. The van der Waals surface area contributed by atoms with Crippen LogP contribution in [-0.2, 0) is 9.59 Å². The molecule has 1 aliphatic heterocycles. The first-order valence-corrected chi connectivity index (χ1v) is 9.18. The lowest BCUT2D eigenvalue weighted by Gasteiger charge is -2.18. The Balaban J connectivity index is 1.89. The van der Waals surface area contributed by atoms with Gasteiger partial charge in [0, 0.05) is 28.9 Å². The lowest BCUT2D eigenvalue weighted by Crippen LogP contribution is -2.43. The molecule has 1 aromatic heterocycles. The van der Waals surface area contributed by atoms with E-state index in [4.69, 9.17) is 27.9 Å². The summed E-state index contributed by atoms with van der Waals surface area (Å²) in [7, 11) is 1.49. The van der Waals surface area contributed by atoms with Gasteiger partial charge in [0.15, 0.2) is 0 Å². The Hall–Kier alpha value is -3.10. The number of imide groups is 1. The fourth-order valence-corrected chi connectivity index (χ4v) is 2.92. The van der Waals surface area contributed by atoms with Crippen LogP contribution < -0.4 is 15.4 Å². The summed E-state index contributed by atoms with van der Waals surface area (Å²) in [6, 6.07) is 7.16. The molecule has 0 bridgehead atoms. The maximum Gasteiger partial charge on any atom is 0.330 e. The molecule has 1 aromatic carbocycles. The van der Waals surface area contributed by atoms with Crippen LogP contribution in [0.3, 0.4) is 0 Å². The molecule has 2 aromatic rings. The van der Waals surface area contributed by atoms with Gasteiger partial charge in [0.05, 0.1) is 12.1 Å². The second-order valence-electron chi connectivity index (χ2n) is 6.02. The zero-order chi connectivity index (χ0) is 21.0. The largest absolute Gasteiger partial charge is 0.496 e. The van der Waals surface area contributed by atoms with Gasteiger partial charge >= 0.3 is 6.03 Å². The molecule has 3 rings (SSSR count). The van der Waals surface area contributed by atoms with Crippen molar-refractivity contribution in [3.63, 3.8) is 0 Å². The van der Waals surface area contributed by atoms with Gasteiger partial charge in [-0.3, -0.25) is 19.8 Å². The van der Waals surface area contributed by atoms with Crippen molar-refractivity contribution in [1.82, 2.24) is 15.2 Å². The van der Waals surface area contributed by atoms with Crippen LogP contribution in [0.1, 0.15) is 5.56 Å². The highest BCUT2D eigenvalue weighted by Gasteiger charge is 2.30. The summed E-state index contributed by atoms with van der Waals surface area (Å²) in [6.45, 7) is -0.474. The highest BCUT2D eigenvalue weighted by molar-refractivity contribution is 6.31. The molecular formula is C19H16Cl2N4O4. The van der Waals surface area contributed by atoms with E-state index < -0.39 is 24.4 Å². The minimum atomic E-state index is -0.786. The molecule has 1 saturated heterocycles. The average molecular weight is 435 g/mol. The van der Waals surface area contributed by atoms with Crippen molar-refractivity contribution >= 4 is 52.9 Å². The van der Waals surface area contributed by atoms with Crippen molar-refractivity contribution in [1.29, 1.82) is 0 Å². The van der Waals surface area contributed by atoms with E-state index in [1.807, 2.05) is 0 Å². The maximum atomic E-state index is 13.0. The normalized spacial score (nSPS) is 15.7. The number of rotatable bonds is 3. The van der Waals surface area contributed by atoms with E-state index in [9.17, 15) is 14.4 Å². The number of urea groups is 1. The quantitative estimate of drug-likeness (QED) is 0.723. The van der Waals surface area contributed by atoms with Crippen LogP contribution in [0.15, 0.2) is 42.1 Å². The minimum absolute atomic E-state index is 0.0453. The molecule has 0 spiro atoms. The summed E-state index contributed by atoms with van der Waals surface area (Å²) in [6.07, 6.45) is 2.88. The topological polar surface area (TPSA) is 101 Å². The SMILES string of the molecule is COc1ccc(Cl)cc1C=C1CNC(=O)CN(C(=O)Nc2ccc(Cl)cn2)C1=O. The fourth-order valence-electron chi connectivity index (χ4n) is 2.62. The van der Waals surface area contributed by atoms with Crippen molar-refractivity contribution in [2.75, 3.05) is 25.5 Å². The zero-order valence-electron chi connectivity index (χ0n) is 15.2. The number of amides is 4. The smallest absolute Gasteiger partial charge is 0.330 e. The number of carbonyl (C=O) groups is 3. The minimum Gasteiger partial charge on any atom is -0.496 e. The van der Waals surface area contributed by atoms with Gasteiger partial charge in [0.25, 0.3) is 5.91 Å². The Bertz CT molecular complexity index is 992. The van der Waals surface area contributed by atoms with Crippen molar-refractivity contribution in [3.05, 3.63) is 57.7 Å². The molecule has 4 amide bonds. The van der Waals surface area contributed by atoms with E-state index in [1.54, 1.807) is 18.2 Å². The third-order valence-electron chi connectivity index (χ3n) is 4.03. The number of ether oxygens (including phenoxy) is 1. The Kier molecular flexibility index (Phi) is 6.36. The van der Waals surface area contributed by atoms with E-state index in [0.717, 1.165) is 4.90 Å². The molecule has 150 valence electrons. The predicted octanol–water partition coefficient (Wildman–Crippen LogP) is 2.97. The van der Waals surface area contributed by atoms with Crippen LogP contribution in [0.2, 0.25) is 10.0 Å². The third-order valence-corrected chi connectivity index (χ3v) is 4.49. The molecule has 0 saturated carbocycles. The van der Waals surface area contributed by atoms with E-state index >= 15 is 0 Å². The molecule has 0 unspecified atom stereocenters. The van der Waals surface area contributed by atoms with Crippen LogP contribution >= 0.6 is 23.2 Å². The number of pyridine rings is 1. The number of nitrogens with zero attached hydrogens (tertiary/aromatic N) is 2. The number of nitrogens with one attached hydrogen (secondary N) is 2. The van der Waals surface area contributed by atoms with Crippen LogP contribution in [-0.4, -0.2) is 47.9 Å². The number of benzene rings is 1. The predicted molar refractivity (Wildman–Crippen MR) is 109 cm³/mol. The highest BCUT2D eigenvalue weighted by Crippen LogP contribution is 2.25. The molecule has 1 aliphatic rings. The molecule has 29 heavy (non-hydrogen) atoms. The molecule has 1 fully saturated rings. The first-order valence-electron chi connectivity index (χ1n) is 8.42. The van der Waals surface area contributed by atoms with E-state index in [2.05, 4.69) is 15.6 Å². The van der Waals surface area contributed by atoms with E-state index in [-0.39, 0.29) is 17.9 Å². The molecule has 0 aliphatic carbocycles. The number of hydrogen-bond donors (Lipinski definition) is 2. The maximum absolute atomic E-state index is 13.0. The van der Waals surface area contributed by atoms with Gasteiger partial charge in [-0.15, -0.1) is 0 Å². The Morgan fingerprint density at radius 1 is 1.24 bits per heavy atom. The molecule has 0 radical (unpaired) electrons. The fraction of sp³-hybridized carbons (Fsp3) is 0.158. The first-order chi connectivity index (χ1) is 13.9. The summed E-state index contributed by atoms with van der Waals surface area (Å²) in [5, 5.41) is 5.92. The lowest BCUT2D eigenvalue weighted by atomic mass is 10.1. The molecular weight excluding hydrogens is 419 g/mol. The summed E-state index contributed by atoms with van der Waals surface area (Å²) in [4.78, 5) is 42.3. The number of halogens is 2. The van der Waals surface area contributed by atoms with Gasteiger partial charge in [-0.2, -0.15) is 0 Å². The van der Waals surface area contributed by atoms with Crippen LogP contribution in [0.5, 0.6) is 5.75 Å². The Labute approximate surface area is 176 Å². The molecule has 2 heterocycles. The first kappa shape index (κ1) is 20.6. The summed E-state index contributed by atoms with van der Waals surface area (Å²) in [5.74, 6) is -0.415. The van der Waals surface area contributed by atoms with Crippen molar-refractivity contribution < 1.29 is 19.1 Å². The monoisotopic (exact) mass is 434 g/mol. The molecule has 10 heteroatoms. The number of aromatic nitrogens is 1. The summed E-state index contributed by atoms with van der Waals surface area (Å²) in [5.41, 5.74) is 0.731. The van der Waals surface area contributed by atoms with Gasteiger partial charge in [-0.1, -0.05) is 23.2 Å². The number of hydrogen-bond acceptors (Lipinski definition) is 5. The second-order valence-corrected chi connectivity index (χ2v) is 6.89. The van der Waals surface area contributed by atoms with E-state index in [1.165, 1.54) is 31.5 Å². The standard InChI is InChI=1S/C19H16Cl2N4O4/c1-29-15-4-2-13(20)7-11(15)6-12-8-23-17(26)10-25(18(12)27)19(28)24-16-5-3-14(21)9-22-16/h2-7,9H,8,10H2,1H3,(H,23,26)(H,22,24,28). The van der Waals surface area contributed by atoms with Gasteiger partial charge in [-0.05, 0) is 36.4 Å². The highest BCUT2D eigenvalue weighted by atomic mass is 35.5. The van der Waals surface area contributed by atoms with Crippen LogP contribution in [0, 0.1) is 0 Å². The summed E-state index contributed by atoms with van der Waals surface area (Å²) >= 11 is 11.8. The van der Waals surface area contributed by atoms with Crippen molar-refractivity contribution in [2.24, 2.45) is 0 Å². The summed E-state index contributed by atoms with van der Waals surface area (Å²) < 4.78 is 5.28. The zero-order valence-corrected chi connectivity index (χ0v) is 16.8. The van der Waals surface area contributed by atoms with Gasteiger partial charge < -0.3 is 10.1 Å². The van der Waals surface area contributed by atoms with Gasteiger partial charge in [0.1, 0.15) is 18.1 Å². The van der Waals surface area contributed by atoms with Gasteiger partial charge in [-0.25, -0.2) is 9.78 Å². The third kappa shape index (κ3) is 5.04. The molecule has 0 atom stereocenters. The van der Waals surface area contributed by atoms with Crippen LogP contribution in [0.25, 0.3) is 6.08 Å². The Morgan fingerprint density at radius 3 is 2.69 bits per heavy atom.